The van der Waals surface area contributed by atoms with Crippen LogP contribution in [0.15, 0.2) is 29.4 Å². The smallest absolute Gasteiger partial charge is 0.332 e. The Balaban J connectivity index is 2.12. The quantitative estimate of drug-likeness (QED) is 0.740. The Morgan fingerprint density at radius 2 is 1.88 bits per heavy atom. The highest BCUT2D eigenvalue weighted by atomic mass is 16.2. The van der Waals surface area contributed by atoms with E-state index < -0.39 is 6.03 Å². The molecule has 0 atom stereocenters. The maximum Gasteiger partial charge on any atom is 0.332 e. The number of hydrogen-bond donors (Lipinski definition) is 2. The maximum atomic E-state index is 12.7. The standard InChI is InChI=1S/C18H27N5O2/c1-12(2)22(13(3)4)10-7-11-23-15-9-6-5-8-14(15)16(17(23)24)20-21-18(19)25/h5-6,8-9,12-13H,7,10-11H2,1-4H3,(H3,19,21,25)/b20-16+. The van der Waals surface area contributed by atoms with Crippen molar-refractivity contribution in [3.63, 3.8) is 0 Å². The third-order valence-electron chi connectivity index (χ3n) is 4.30. The van der Waals surface area contributed by atoms with Crippen molar-refractivity contribution >= 4 is 23.3 Å². The molecule has 0 aliphatic carbocycles. The fraction of sp³-hybridized carbons (Fsp3) is 0.500. The van der Waals surface area contributed by atoms with Gasteiger partial charge in [-0.15, -0.1) is 0 Å². The zero-order valence-corrected chi connectivity index (χ0v) is 15.3. The zero-order valence-electron chi connectivity index (χ0n) is 15.3. The average Bonchev–Trinajstić information content (AvgIpc) is 2.80. The lowest BCUT2D eigenvalue weighted by Crippen LogP contribution is -2.40. The molecule has 1 aromatic carbocycles. The number of carbonyl (C=O) groups excluding carboxylic acids is 2. The van der Waals surface area contributed by atoms with E-state index in [1.54, 1.807) is 4.90 Å². The molecule has 1 heterocycles. The molecule has 0 spiro atoms. The molecule has 3 amide bonds. The van der Waals surface area contributed by atoms with Crippen LogP contribution in [0, 0.1) is 0 Å². The van der Waals surface area contributed by atoms with E-state index in [-0.39, 0.29) is 11.6 Å². The minimum atomic E-state index is -0.791. The Morgan fingerprint density at radius 1 is 1.24 bits per heavy atom. The number of carbonyl (C=O) groups is 2. The summed E-state index contributed by atoms with van der Waals surface area (Å²) in [5.74, 6) is -0.212. The number of nitrogens with two attached hydrogens (primary N) is 1. The monoisotopic (exact) mass is 345 g/mol. The second-order valence-corrected chi connectivity index (χ2v) is 6.69. The van der Waals surface area contributed by atoms with Crippen LogP contribution in [0.5, 0.6) is 0 Å². The number of rotatable bonds is 7. The van der Waals surface area contributed by atoms with Gasteiger partial charge >= 0.3 is 6.03 Å². The van der Waals surface area contributed by atoms with Crippen molar-refractivity contribution in [3.8, 4) is 0 Å². The van der Waals surface area contributed by atoms with Gasteiger partial charge in [0.1, 0.15) is 0 Å². The minimum absolute atomic E-state index is 0.212. The molecule has 0 saturated heterocycles. The van der Waals surface area contributed by atoms with Gasteiger partial charge in [0, 0.05) is 30.7 Å². The van der Waals surface area contributed by atoms with Crippen molar-refractivity contribution in [2.45, 2.75) is 46.2 Å². The molecule has 1 aliphatic rings. The minimum Gasteiger partial charge on any atom is -0.350 e. The molecule has 0 radical (unpaired) electrons. The predicted octanol–water partition coefficient (Wildman–Crippen LogP) is 1.91. The Bertz CT molecular complexity index is 661. The van der Waals surface area contributed by atoms with Gasteiger partial charge in [-0.25, -0.2) is 10.2 Å². The van der Waals surface area contributed by atoms with E-state index in [2.05, 4.69) is 43.1 Å². The molecule has 1 aromatic rings. The molecule has 0 saturated carbocycles. The summed E-state index contributed by atoms with van der Waals surface area (Å²) in [5, 5.41) is 3.89. The molecule has 136 valence electrons. The lowest BCUT2D eigenvalue weighted by Gasteiger charge is -2.31. The molecular weight excluding hydrogens is 318 g/mol. The zero-order chi connectivity index (χ0) is 18.6. The van der Waals surface area contributed by atoms with Gasteiger partial charge in [-0.2, -0.15) is 5.10 Å². The molecule has 7 heteroatoms. The average molecular weight is 345 g/mol. The predicted molar refractivity (Wildman–Crippen MR) is 99.6 cm³/mol. The molecule has 1 aliphatic heterocycles. The van der Waals surface area contributed by atoms with Crippen LogP contribution < -0.4 is 16.1 Å². The van der Waals surface area contributed by atoms with E-state index >= 15 is 0 Å². The summed E-state index contributed by atoms with van der Waals surface area (Å²) in [4.78, 5) is 27.7. The molecule has 0 aromatic heterocycles. The van der Waals surface area contributed by atoms with E-state index in [9.17, 15) is 9.59 Å². The summed E-state index contributed by atoms with van der Waals surface area (Å²) in [6.07, 6.45) is 0.854. The number of hydrazone groups is 1. The Kier molecular flexibility index (Phi) is 6.14. The van der Waals surface area contributed by atoms with Crippen molar-refractivity contribution < 1.29 is 9.59 Å². The van der Waals surface area contributed by atoms with Gasteiger partial charge in [0.05, 0.1) is 5.69 Å². The first-order valence-corrected chi connectivity index (χ1v) is 8.63. The lowest BCUT2D eigenvalue weighted by atomic mass is 10.1. The fourth-order valence-corrected chi connectivity index (χ4v) is 3.23. The highest BCUT2D eigenvalue weighted by Crippen LogP contribution is 2.29. The molecule has 2 rings (SSSR count). The van der Waals surface area contributed by atoms with Crippen LogP contribution in [0.25, 0.3) is 0 Å². The highest BCUT2D eigenvalue weighted by molar-refractivity contribution is 6.54. The number of nitrogens with one attached hydrogen (secondary N) is 1. The van der Waals surface area contributed by atoms with E-state index in [1.165, 1.54) is 0 Å². The van der Waals surface area contributed by atoms with E-state index in [4.69, 9.17) is 5.73 Å². The number of amides is 3. The van der Waals surface area contributed by atoms with Gasteiger partial charge in [0.2, 0.25) is 0 Å². The largest absolute Gasteiger partial charge is 0.350 e. The van der Waals surface area contributed by atoms with Crippen molar-refractivity contribution in [3.05, 3.63) is 29.8 Å². The van der Waals surface area contributed by atoms with Crippen LogP contribution in [-0.2, 0) is 4.79 Å². The maximum absolute atomic E-state index is 12.7. The number of benzene rings is 1. The first-order valence-electron chi connectivity index (χ1n) is 8.63. The molecule has 0 bridgehead atoms. The van der Waals surface area contributed by atoms with Crippen molar-refractivity contribution in [1.82, 2.24) is 10.3 Å². The van der Waals surface area contributed by atoms with Gasteiger partial charge in [0.15, 0.2) is 5.71 Å². The molecule has 0 fully saturated rings. The molecule has 7 nitrogen and oxygen atoms in total. The highest BCUT2D eigenvalue weighted by Gasteiger charge is 2.33. The van der Waals surface area contributed by atoms with Gasteiger partial charge < -0.3 is 10.6 Å². The number of anilines is 1. The Hall–Kier alpha value is -2.41. The molecule has 25 heavy (non-hydrogen) atoms. The van der Waals surface area contributed by atoms with Crippen LogP contribution in [0.3, 0.4) is 0 Å². The van der Waals surface area contributed by atoms with E-state index in [0.29, 0.717) is 24.2 Å². The van der Waals surface area contributed by atoms with Crippen LogP contribution in [0.2, 0.25) is 0 Å². The van der Waals surface area contributed by atoms with Crippen LogP contribution in [0.4, 0.5) is 10.5 Å². The van der Waals surface area contributed by atoms with Crippen LogP contribution in [-0.4, -0.2) is 47.7 Å². The summed E-state index contributed by atoms with van der Waals surface area (Å²) in [5.41, 5.74) is 8.96. The van der Waals surface area contributed by atoms with E-state index in [1.807, 2.05) is 24.3 Å². The van der Waals surface area contributed by atoms with E-state index in [0.717, 1.165) is 18.7 Å². The normalized spacial score (nSPS) is 15.6. The number of hydrogen-bond acceptors (Lipinski definition) is 4. The topological polar surface area (TPSA) is 91.0 Å². The first kappa shape index (κ1) is 18.9. The second-order valence-electron chi connectivity index (χ2n) is 6.69. The van der Waals surface area contributed by atoms with Gasteiger partial charge in [-0.1, -0.05) is 18.2 Å². The first-order chi connectivity index (χ1) is 11.8. The summed E-state index contributed by atoms with van der Waals surface area (Å²) < 4.78 is 0. The summed E-state index contributed by atoms with van der Waals surface area (Å²) in [7, 11) is 0. The lowest BCUT2D eigenvalue weighted by molar-refractivity contribution is -0.112. The Labute approximate surface area is 148 Å². The van der Waals surface area contributed by atoms with Gasteiger partial charge in [-0.3, -0.25) is 9.69 Å². The number of nitrogens with zero attached hydrogens (tertiary/aromatic N) is 3. The Morgan fingerprint density at radius 3 is 2.48 bits per heavy atom. The van der Waals surface area contributed by atoms with Crippen LogP contribution in [0.1, 0.15) is 39.7 Å². The second kappa shape index (κ2) is 8.11. The number of primary amides is 1. The van der Waals surface area contributed by atoms with Gasteiger partial charge in [-0.05, 0) is 40.2 Å². The summed E-state index contributed by atoms with van der Waals surface area (Å²) >= 11 is 0. The van der Waals surface area contributed by atoms with Crippen molar-refractivity contribution in [1.29, 1.82) is 0 Å². The number of urea groups is 1. The summed E-state index contributed by atoms with van der Waals surface area (Å²) in [6, 6.07) is 7.57. The SMILES string of the molecule is CC(C)N(CCCN1C(=O)/C(=N/NC(N)=O)c2ccccc21)C(C)C. The fourth-order valence-electron chi connectivity index (χ4n) is 3.23. The van der Waals surface area contributed by atoms with Crippen molar-refractivity contribution in [2.75, 3.05) is 18.0 Å². The molecular formula is C18H27N5O2. The van der Waals surface area contributed by atoms with Crippen LogP contribution >= 0.6 is 0 Å². The van der Waals surface area contributed by atoms with Crippen molar-refractivity contribution in [2.24, 2.45) is 10.8 Å². The molecule has 3 N–H and O–H groups in total. The third-order valence-corrected chi connectivity index (χ3v) is 4.30. The third kappa shape index (κ3) is 4.36. The number of fused-ring (bicyclic) bond motifs is 1. The molecule has 0 unspecified atom stereocenters. The number of para-hydroxylation sites is 1. The summed E-state index contributed by atoms with van der Waals surface area (Å²) in [6.45, 7) is 10.2. The van der Waals surface area contributed by atoms with Gasteiger partial charge in [0.25, 0.3) is 5.91 Å².